The molecule has 4 aromatic rings. The van der Waals surface area contributed by atoms with Gasteiger partial charge in [0, 0.05) is 18.2 Å². The lowest BCUT2D eigenvalue weighted by Gasteiger charge is -2.11. The molecule has 0 fully saturated rings. The minimum atomic E-state index is 0.633. The zero-order valence-corrected chi connectivity index (χ0v) is 15.3. The third-order valence-electron chi connectivity index (χ3n) is 4.52. The summed E-state index contributed by atoms with van der Waals surface area (Å²) in [5.74, 6) is 2.63. The lowest BCUT2D eigenvalue weighted by Crippen LogP contribution is -2.06. The number of imidazole rings is 1. The van der Waals surface area contributed by atoms with E-state index in [1.165, 1.54) is 0 Å². The van der Waals surface area contributed by atoms with E-state index in [9.17, 15) is 0 Å². The number of aromatic nitrogens is 2. The van der Waals surface area contributed by atoms with E-state index in [4.69, 9.17) is 14.5 Å². The quantitative estimate of drug-likeness (QED) is 0.427. The normalized spacial score (nSPS) is 10.9. The van der Waals surface area contributed by atoms with Crippen LogP contribution in [0.1, 0.15) is 6.42 Å². The number of nitrogens with zero attached hydrogens (tertiary/aromatic N) is 2. The van der Waals surface area contributed by atoms with Crippen LogP contribution in [0.25, 0.3) is 22.4 Å². The third-order valence-corrected chi connectivity index (χ3v) is 4.52. The van der Waals surface area contributed by atoms with E-state index in [-0.39, 0.29) is 0 Å². The SMILES string of the molecule is COc1cccc(OCCCn2c(-c3ccccc3)nc3ccccc32)c1. The highest BCUT2D eigenvalue weighted by Crippen LogP contribution is 2.25. The second kappa shape index (κ2) is 7.96. The monoisotopic (exact) mass is 358 g/mol. The topological polar surface area (TPSA) is 36.3 Å². The van der Waals surface area contributed by atoms with Crippen LogP contribution in [0.15, 0.2) is 78.9 Å². The summed E-state index contributed by atoms with van der Waals surface area (Å²) in [7, 11) is 1.66. The van der Waals surface area contributed by atoms with Crippen LogP contribution in [0.4, 0.5) is 0 Å². The van der Waals surface area contributed by atoms with E-state index in [0.717, 1.165) is 46.9 Å². The molecule has 1 heterocycles. The van der Waals surface area contributed by atoms with Crippen molar-refractivity contribution in [2.75, 3.05) is 13.7 Å². The summed E-state index contributed by atoms with van der Waals surface area (Å²) in [5.41, 5.74) is 3.30. The van der Waals surface area contributed by atoms with Crippen molar-refractivity contribution in [2.24, 2.45) is 0 Å². The largest absolute Gasteiger partial charge is 0.497 e. The molecule has 0 unspecified atom stereocenters. The second-order valence-electron chi connectivity index (χ2n) is 6.32. The van der Waals surface area contributed by atoms with E-state index < -0.39 is 0 Å². The Bertz CT molecular complexity index is 1020. The average Bonchev–Trinajstić information content (AvgIpc) is 3.11. The lowest BCUT2D eigenvalue weighted by molar-refractivity contribution is 0.300. The van der Waals surface area contributed by atoms with Crippen LogP contribution in [0, 0.1) is 0 Å². The zero-order valence-electron chi connectivity index (χ0n) is 15.3. The van der Waals surface area contributed by atoms with Crippen LogP contribution in [0.5, 0.6) is 11.5 Å². The van der Waals surface area contributed by atoms with Gasteiger partial charge in [-0.05, 0) is 30.7 Å². The molecule has 0 amide bonds. The van der Waals surface area contributed by atoms with E-state index >= 15 is 0 Å². The Morgan fingerprint density at radius 1 is 0.852 bits per heavy atom. The van der Waals surface area contributed by atoms with Crippen LogP contribution in [0.3, 0.4) is 0 Å². The van der Waals surface area contributed by atoms with E-state index in [1.807, 2.05) is 48.5 Å². The summed E-state index contributed by atoms with van der Waals surface area (Å²) in [6.07, 6.45) is 0.886. The Balaban J connectivity index is 1.51. The van der Waals surface area contributed by atoms with Gasteiger partial charge in [-0.2, -0.15) is 0 Å². The van der Waals surface area contributed by atoms with E-state index in [1.54, 1.807) is 7.11 Å². The standard InChI is InChI=1S/C23H22N2O2/c1-26-19-11-7-12-20(17-19)27-16-8-15-25-22-14-6-5-13-21(22)24-23(25)18-9-3-2-4-10-18/h2-7,9-14,17H,8,15-16H2,1H3. The Kier molecular flexibility index (Phi) is 5.06. The Labute approximate surface area is 159 Å². The highest BCUT2D eigenvalue weighted by molar-refractivity contribution is 5.80. The van der Waals surface area contributed by atoms with Crippen molar-refractivity contribution in [1.29, 1.82) is 0 Å². The summed E-state index contributed by atoms with van der Waals surface area (Å²) in [6.45, 7) is 1.47. The van der Waals surface area contributed by atoms with E-state index in [0.29, 0.717) is 6.61 Å². The zero-order chi connectivity index (χ0) is 18.5. The van der Waals surface area contributed by atoms with Gasteiger partial charge in [0.15, 0.2) is 0 Å². The number of para-hydroxylation sites is 2. The predicted molar refractivity (Wildman–Crippen MR) is 108 cm³/mol. The molecule has 0 spiro atoms. The van der Waals surface area contributed by atoms with Crippen LogP contribution in [0.2, 0.25) is 0 Å². The van der Waals surface area contributed by atoms with Gasteiger partial charge in [-0.1, -0.05) is 48.5 Å². The van der Waals surface area contributed by atoms with Gasteiger partial charge in [-0.3, -0.25) is 0 Å². The van der Waals surface area contributed by atoms with Crippen molar-refractivity contribution in [3.63, 3.8) is 0 Å². The lowest BCUT2D eigenvalue weighted by atomic mass is 10.2. The Morgan fingerprint density at radius 3 is 2.48 bits per heavy atom. The number of aryl methyl sites for hydroxylation is 1. The van der Waals surface area contributed by atoms with Crippen molar-refractivity contribution in [1.82, 2.24) is 9.55 Å². The van der Waals surface area contributed by atoms with Crippen molar-refractivity contribution < 1.29 is 9.47 Å². The fourth-order valence-corrected chi connectivity index (χ4v) is 3.21. The van der Waals surface area contributed by atoms with Gasteiger partial charge in [0.25, 0.3) is 0 Å². The maximum atomic E-state index is 5.89. The second-order valence-corrected chi connectivity index (χ2v) is 6.32. The first kappa shape index (κ1) is 17.2. The number of hydrogen-bond acceptors (Lipinski definition) is 3. The van der Waals surface area contributed by atoms with Crippen LogP contribution < -0.4 is 9.47 Å². The number of rotatable bonds is 7. The van der Waals surface area contributed by atoms with Gasteiger partial charge < -0.3 is 14.0 Å². The molecule has 4 heteroatoms. The fraction of sp³-hybridized carbons (Fsp3) is 0.174. The molecule has 0 saturated carbocycles. The molecule has 0 aliphatic heterocycles. The number of hydrogen-bond donors (Lipinski definition) is 0. The molecular formula is C23H22N2O2. The molecule has 0 bridgehead atoms. The predicted octanol–water partition coefficient (Wildman–Crippen LogP) is 5.18. The number of benzene rings is 3. The van der Waals surface area contributed by atoms with Gasteiger partial charge in [0.1, 0.15) is 17.3 Å². The maximum Gasteiger partial charge on any atom is 0.141 e. The summed E-state index contributed by atoms with van der Waals surface area (Å²) in [5, 5.41) is 0. The first-order valence-electron chi connectivity index (χ1n) is 9.13. The molecule has 0 N–H and O–H groups in total. The summed E-state index contributed by atoms with van der Waals surface area (Å²) in [4.78, 5) is 4.85. The molecule has 0 aliphatic carbocycles. The highest BCUT2D eigenvalue weighted by atomic mass is 16.5. The smallest absolute Gasteiger partial charge is 0.141 e. The van der Waals surface area contributed by atoms with Gasteiger partial charge in [-0.15, -0.1) is 0 Å². The first-order valence-corrected chi connectivity index (χ1v) is 9.13. The minimum absolute atomic E-state index is 0.633. The van der Waals surface area contributed by atoms with E-state index in [2.05, 4.69) is 34.9 Å². The molecule has 4 nitrogen and oxygen atoms in total. The molecule has 3 aromatic carbocycles. The van der Waals surface area contributed by atoms with Crippen molar-refractivity contribution >= 4 is 11.0 Å². The number of ether oxygens (including phenoxy) is 2. The number of methoxy groups -OCH3 is 1. The molecular weight excluding hydrogens is 336 g/mol. The molecule has 136 valence electrons. The van der Waals surface area contributed by atoms with Crippen LogP contribution in [-0.2, 0) is 6.54 Å². The van der Waals surface area contributed by atoms with Gasteiger partial charge in [0.05, 0.1) is 24.8 Å². The highest BCUT2D eigenvalue weighted by Gasteiger charge is 2.11. The van der Waals surface area contributed by atoms with Gasteiger partial charge >= 0.3 is 0 Å². The van der Waals surface area contributed by atoms with Crippen molar-refractivity contribution in [3.8, 4) is 22.9 Å². The Hall–Kier alpha value is -3.27. The molecule has 27 heavy (non-hydrogen) atoms. The van der Waals surface area contributed by atoms with Crippen molar-refractivity contribution in [3.05, 3.63) is 78.9 Å². The number of fused-ring (bicyclic) bond motifs is 1. The Morgan fingerprint density at radius 2 is 1.63 bits per heavy atom. The molecule has 0 aliphatic rings. The summed E-state index contributed by atoms with van der Waals surface area (Å²) in [6, 6.07) is 26.3. The molecule has 0 radical (unpaired) electrons. The maximum absolute atomic E-state index is 5.89. The first-order chi connectivity index (χ1) is 13.3. The molecule has 0 atom stereocenters. The van der Waals surface area contributed by atoms with Gasteiger partial charge in [0.2, 0.25) is 0 Å². The molecule has 1 aromatic heterocycles. The molecule has 4 rings (SSSR count). The fourth-order valence-electron chi connectivity index (χ4n) is 3.21. The minimum Gasteiger partial charge on any atom is -0.497 e. The summed E-state index contributed by atoms with van der Waals surface area (Å²) < 4.78 is 13.4. The molecule has 0 saturated heterocycles. The van der Waals surface area contributed by atoms with Crippen LogP contribution in [-0.4, -0.2) is 23.3 Å². The van der Waals surface area contributed by atoms with Crippen LogP contribution >= 0.6 is 0 Å². The summed E-state index contributed by atoms with van der Waals surface area (Å²) >= 11 is 0. The van der Waals surface area contributed by atoms with Gasteiger partial charge in [-0.25, -0.2) is 4.98 Å². The average molecular weight is 358 g/mol. The third kappa shape index (κ3) is 3.80. The van der Waals surface area contributed by atoms with Crippen molar-refractivity contribution in [2.45, 2.75) is 13.0 Å².